The number of benzene rings is 2. The van der Waals surface area contributed by atoms with Crippen molar-refractivity contribution >= 4 is 26.7 Å². The van der Waals surface area contributed by atoms with Crippen LogP contribution in [0.1, 0.15) is 6.92 Å². The molecule has 0 saturated heterocycles. The van der Waals surface area contributed by atoms with Crippen LogP contribution in [0.3, 0.4) is 0 Å². The maximum atomic E-state index is 5.74. The van der Waals surface area contributed by atoms with Gasteiger partial charge in [-0.05, 0) is 42.0 Å². The van der Waals surface area contributed by atoms with Crippen molar-refractivity contribution in [2.75, 3.05) is 32.9 Å². The molecule has 0 unspecified atom stereocenters. The highest BCUT2D eigenvalue weighted by Crippen LogP contribution is 2.23. The summed E-state index contributed by atoms with van der Waals surface area (Å²) in [6, 6.07) is 12.4. The first-order valence-electron chi connectivity index (χ1n) is 6.90. The molecular weight excluding hydrogens is 318 g/mol. The van der Waals surface area contributed by atoms with Crippen LogP contribution in [0.4, 0.5) is 0 Å². The number of fused-ring (bicyclic) bond motifs is 1. The van der Waals surface area contributed by atoms with Gasteiger partial charge in [0.1, 0.15) is 12.4 Å². The predicted molar refractivity (Wildman–Crippen MR) is 86.5 cm³/mol. The highest BCUT2D eigenvalue weighted by molar-refractivity contribution is 9.10. The molecule has 2 rings (SSSR count). The fourth-order valence-electron chi connectivity index (χ4n) is 1.94. The quantitative estimate of drug-likeness (QED) is 0.746. The van der Waals surface area contributed by atoms with Crippen LogP contribution in [-0.2, 0) is 4.74 Å². The number of nitrogens with one attached hydrogen (secondary N) is 1. The summed E-state index contributed by atoms with van der Waals surface area (Å²) in [7, 11) is 0. The number of halogens is 1. The van der Waals surface area contributed by atoms with Gasteiger partial charge in [-0.15, -0.1) is 0 Å². The smallest absolute Gasteiger partial charge is 0.120 e. The van der Waals surface area contributed by atoms with Crippen LogP contribution in [0.25, 0.3) is 10.8 Å². The molecule has 0 saturated carbocycles. The maximum absolute atomic E-state index is 5.74. The second-order valence-electron chi connectivity index (χ2n) is 4.45. The molecule has 0 bridgehead atoms. The zero-order valence-corrected chi connectivity index (χ0v) is 13.3. The molecule has 0 aliphatic carbocycles. The van der Waals surface area contributed by atoms with Crippen molar-refractivity contribution in [1.29, 1.82) is 0 Å². The lowest BCUT2D eigenvalue weighted by atomic mass is 10.1. The van der Waals surface area contributed by atoms with Crippen molar-refractivity contribution in [2.24, 2.45) is 0 Å². The summed E-state index contributed by atoms with van der Waals surface area (Å²) in [6.07, 6.45) is 0. The summed E-state index contributed by atoms with van der Waals surface area (Å²) in [5.41, 5.74) is 0. The monoisotopic (exact) mass is 337 g/mol. The van der Waals surface area contributed by atoms with Gasteiger partial charge in [0.15, 0.2) is 0 Å². The second kappa shape index (κ2) is 8.25. The molecule has 0 heterocycles. The van der Waals surface area contributed by atoms with E-state index in [-0.39, 0.29) is 0 Å². The SMILES string of the molecule is CCOCCNCCOc1ccc2cc(Br)ccc2c1. The van der Waals surface area contributed by atoms with E-state index in [2.05, 4.69) is 45.5 Å². The summed E-state index contributed by atoms with van der Waals surface area (Å²) >= 11 is 3.48. The Morgan fingerprint density at radius 1 is 1.00 bits per heavy atom. The molecule has 2 aromatic carbocycles. The van der Waals surface area contributed by atoms with E-state index in [1.165, 1.54) is 10.8 Å². The predicted octanol–water partition coefficient (Wildman–Crippen LogP) is 3.61. The fourth-order valence-corrected chi connectivity index (χ4v) is 2.32. The highest BCUT2D eigenvalue weighted by atomic mass is 79.9. The van der Waals surface area contributed by atoms with Crippen molar-refractivity contribution in [1.82, 2.24) is 5.32 Å². The van der Waals surface area contributed by atoms with E-state index in [0.717, 1.165) is 36.5 Å². The van der Waals surface area contributed by atoms with Crippen molar-refractivity contribution in [3.05, 3.63) is 40.9 Å². The number of rotatable bonds is 8. The standard InChI is InChI=1S/C16H20BrNO2/c1-2-19-9-7-18-8-10-20-16-6-4-13-11-15(17)5-3-14(13)12-16/h3-6,11-12,18H,2,7-10H2,1H3. The highest BCUT2D eigenvalue weighted by Gasteiger charge is 1.98. The molecule has 0 aliphatic rings. The van der Waals surface area contributed by atoms with Gasteiger partial charge in [0.25, 0.3) is 0 Å². The first kappa shape index (κ1) is 15.3. The lowest BCUT2D eigenvalue weighted by Gasteiger charge is -2.08. The van der Waals surface area contributed by atoms with Crippen molar-refractivity contribution < 1.29 is 9.47 Å². The molecule has 4 heteroatoms. The van der Waals surface area contributed by atoms with E-state index in [1.807, 2.05) is 19.1 Å². The number of hydrogen-bond acceptors (Lipinski definition) is 3. The second-order valence-corrected chi connectivity index (χ2v) is 5.36. The van der Waals surface area contributed by atoms with E-state index in [9.17, 15) is 0 Å². The van der Waals surface area contributed by atoms with E-state index in [0.29, 0.717) is 6.61 Å². The summed E-state index contributed by atoms with van der Waals surface area (Å²) in [6.45, 7) is 5.87. The molecule has 0 radical (unpaired) electrons. The lowest BCUT2D eigenvalue weighted by molar-refractivity contribution is 0.148. The van der Waals surface area contributed by atoms with Crippen LogP contribution in [0.2, 0.25) is 0 Å². The average molecular weight is 338 g/mol. The molecule has 2 aromatic rings. The van der Waals surface area contributed by atoms with Gasteiger partial charge in [-0.2, -0.15) is 0 Å². The molecule has 0 fully saturated rings. The van der Waals surface area contributed by atoms with E-state index < -0.39 is 0 Å². The third-order valence-electron chi connectivity index (χ3n) is 2.95. The molecule has 0 aromatic heterocycles. The van der Waals surface area contributed by atoms with Gasteiger partial charge in [0.2, 0.25) is 0 Å². The van der Waals surface area contributed by atoms with Gasteiger partial charge >= 0.3 is 0 Å². The third-order valence-corrected chi connectivity index (χ3v) is 3.44. The van der Waals surface area contributed by atoms with Gasteiger partial charge in [-0.25, -0.2) is 0 Å². The Morgan fingerprint density at radius 2 is 1.75 bits per heavy atom. The maximum Gasteiger partial charge on any atom is 0.120 e. The first-order valence-corrected chi connectivity index (χ1v) is 7.69. The van der Waals surface area contributed by atoms with Gasteiger partial charge < -0.3 is 14.8 Å². The Bertz CT molecular complexity index is 545. The minimum Gasteiger partial charge on any atom is -0.492 e. The van der Waals surface area contributed by atoms with Crippen LogP contribution < -0.4 is 10.1 Å². The molecule has 0 aliphatic heterocycles. The molecule has 0 amide bonds. The minimum absolute atomic E-state index is 0.661. The van der Waals surface area contributed by atoms with Crippen molar-refractivity contribution in [2.45, 2.75) is 6.92 Å². The molecular formula is C16H20BrNO2. The summed E-state index contributed by atoms with van der Waals surface area (Å²) in [5, 5.41) is 5.68. The Kier molecular flexibility index (Phi) is 6.30. The third kappa shape index (κ3) is 4.78. The largest absolute Gasteiger partial charge is 0.492 e. The minimum atomic E-state index is 0.661. The molecule has 108 valence electrons. The number of hydrogen-bond donors (Lipinski definition) is 1. The zero-order valence-electron chi connectivity index (χ0n) is 11.7. The Hall–Kier alpha value is -1.10. The van der Waals surface area contributed by atoms with Gasteiger partial charge in [0, 0.05) is 24.2 Å². The summed E-state index contributed by atoms with van der Waals surface area (Å²) in [5.74, 6) is 0.909. The van der Waals surface area contributed by atoms with Crippen LogP contribution in [-0.4, -0.2) is 32.9 Å². The molecule has 1 N–H and O–H groups in total. The lowest BCUT2D eigenvalue weighted by Crippen LogP contribution is -2.24. The topological polar surface area (TPSA) is 30.5 Å². The van der Waals surface area contributed by atoms with Gasteiger partial charge in [0.05, 0.1) is 6.61 Å². The Labute approximate surface area is 128 Å². The molecule has 3 nitrogen and oxygen atoms in total. The van der Waals surface area contributed by atoms with Gasteiger partial charge in [-0.1, -0.05) is 28.1 Å². The zero-order chi connectivity index (χ0) is 14.2. The van der Waals surface area contributed by atoms with E-state index in [4.69, 9.17) is 9.47 Å². The van der Waals surface area contributed by atoms with E-state index in [1.54, 1.807) is 0 Å². The Morgan fingerprint density at radius 3 is 2.60 bits per heavy atom. The fraction of sp³-hybridized carbons (Fsp3) is 0.375. The van der Waals surface area contributed by atoms with Crippen LogP contribution in [0.15, 0.2) is 40.9 Å². The average Bonchev–Trinajstić information content (AvgIpc) is 2.46. The number of ether oxygens (including phenoxy) is 2. The Balaban J connectivity index is 1.77. The summed E-state index contributed by atoms with van der Waals surface area (Å²) < 4.78 is 12.1. The first-order chi connectivity index (χ1) is 9.79. The molecule has 20 heavy (non-hydrogen) atoms. The molecule has 0 atom stereocenters. The van der Waals surface area contributed by atoms with Crippen molar-refractivity contribution in [3.63, 3.8) is 0 Å². The normalized spacial score (nSPS) is 10.9. The summed E-state index contributed by atoms with van der Waals surface area (Å²) in [4.78, 5) is 0. The van der Waals surface area contributed by atoms with Crippen LogP contribution >= 0.6 is 15.9 Å². The van der Waals surface area contributed by atoms with Crippen LogP contribution in [0, 0.1) is 0 Å². The molecule has 0 spiro atoms. The van der Waals surface area contributed by atoms with Gasteiger partial charge in [-0.3, -0.25) is 0 Å². The van der Waals surface area contributed by atoms with E-state index >= 15 is 0 Å². The van der Waals surface area contributed by atoms with Crippen LogP contribution in [0.5, 0.6) is 5.75 Å². The van der Waals surface area contributed by atoms with Crippen molar-refractivity contribution in [3.8, 4) is 5.75 Å².